The van der Waals surface area contributed by atoms with Crippen LogP contribution < -0.4 is 0 Å². The minimum Gasteiger partial charge on any atom is -0.262 e. The topological polar surface area (TPSA) is 25.2 Å². The molecule has 2 heteroatoms. The SMILES string of the molecule is C=Cc1cc(-c2ccc(C)cc2)c2cccnc2c1N=C.CC. The summed E-state index contributed by atoms with van der Waals surface area (Å²) in [5.74, 6) is 0. The molecular formula is C21H22N2. The third-order valence-electron chi connectivity index (χ3n) is 3.64. The van der Waals surface area contributed by atoms with Crippen LogP contribution in [0, 0.1) is 6.92 Å². The molecule has 2 aromatic carbocycles. The van der Waals surface area contributed by atoms with Crippen LogP contribution in [0.25, 0.3) is 28.1 Å². The zero-order chi connectivity index (χ0) is 16.8. The van der Waals surface area contributed by atoms with Gasteiger partial charge in [-0.3, -0.25) is 9.98 Å². The average molecular weight is 302 g/mol. The summed E-state index contributed by atoms with van der Waals surface area (Å²) >= 11 is 0. The number of hydrogen-bond acceptors (Lipinski definition) is 2. The van der Waals surface area contributed by atoms with E-state index in [2.05, 4.69) is 66.6 Å². The van der Waals surface area contributed by atoms with Crippen LogP contribution >= 0.6 is 0 Å². The highest BCUT2D eigenvalue weighted by Gasteiger charge is 2.11. The van der Waals surface area contributed by atoms with Crippen LogP contribution in [0.2, 0.25) is 0 Å². The zero-order valence-electron chi connectivity index (χ0n) is 14.0. The van der Waals surface area contributed by atoms with E-state index in [0.29, 0.717) is 0 Å². The molecule has 0 radical (unpaired) electrons. The first-order chi connectivity index (χ1) is 11.2. The predicted octanol–water partition coefficient (Wildman–Crippen LogP) is 6.21. The van der Waals surface area contributed by atoms with E-state index in [4.69, 9.17) is 0 Å². The summed E-state index contributed by atoms with van der Waals surface area (Å²) in [6.45, 7) is 13.6. The molecule has 3 rings (SSSR count). The number of aryl methyl sites for hydroxylation is 1. The first-order valence-electron chi connectivity index (χ1n) is 7.82. The van der Waals surface area contributed by atoms with Gasteiger partial charge in [-0.15, -0.1) is 0 Å². The van der Waals surface area contributed by atoms with E-state index in [0.717, 1.165) is 33.3 Å². The number of aliphatic imine (C=N–C) groups is 1. The van der Waals surface area contributed by atoms with E-state index in [-0.39, 0.29) is 0 Å². The standard InChI is InChI=1S/C19H16N2.C2H6/c1-4-14-12-17(15-9-7-13(2)8-10-15)16-6-5-11-21-19(16)18(14)20-3;1-2/h4-12H,1,3H2,2H3;1-2H3. The Morgan fingerprint density at radius 1 is 1.09 bits per heavy atom. The fourth-order valence-corrected chi connectivity index (χ4v) is 2.54. The molecule has 0 unspecified atom stereocenters. The maximum atomic E-state index is 4.48. The molecule has 0 saturated heterocycles. The Morgan fingerprint density at radius 2 is 1.78 bits per heavy atom. The molecule has 0 N–H and O–H groups in total. The van der Waals surface area contributed by atoms with Crippen molar-refractivity contribution in [3.8, 4) is 11.1 Å². The van der Waals surface area contributed by atoms with Gasteiger partial charge in [-0.2, -0.15) is 0 Å². The van der Waals surface area contributed by atoms with Gasteiger partial charge in [0.25, 0.3) is 0 Å². The number of aromatic nitrogens is 1. The summed E-state index contributed by atoms with van der Waals surface area (Å²) in [5.41, 5.74) is 6.15. The van der Waals surface area contributed by atoms with E-state index >= 15 is 0 Å². The molecule has 2 nitrogen and oxygen atoms in total. The maximum absolute atomic E-state index is 4.48. The van der Waals surface area contributed by atoms with Crippen molar-refractivity contribution in [3.05, 3.63) is 66.4 Å². The van der Waals surface area contributed by atoms with Crippen molar-refractivity contribution in [1.29, 1.82) is 0 Å². The molecule has 0 aliphatic heterocycles. The second-order valence-corrected chi connectivity index (χ2v) is 4.99. The number of fused-ring (bicyclic) bond motifs is 1. The Kier molecular flexibility index (Phi) is 5.42. The molecule has 116 valence electrons. The number of benzene rings is 2. The van der Waals surface area contributed by atoms with Crippen LogP contribution in [-0.4, -0.2) is 11.7 Å². The molecule has 3 aromatic rings. The van der Waals surface area contributed by atoms with Crippen LogP contribution in [0.5, 0.6) is 0 Å². The molecule has 0 saturated carbocycles. The highest BCUT2D eigenvalue weighted by atomic mass is 14.8. The molecular weight excluding hydrogens is 280 g/mol. The Labute approximate surface area is 138 Å². The third kappa shape index (κ3) is 3.21. The Bertz CT molecular complexity index is 830. The number of rotatable bonds is 3. The van der Waals surface area contributed by atoms with Crippen molar-refractivity contribution in [2.24, 2.45) is 4.99 Å². The van der Waals surface area contributed by atoms with Gasteiger partial charge < -0.3 is 0 Å². The van der Waals surface area contributed by atoms with Crippen molar-refractivity contribution >= 4 is 29.4 Å². The Hall–Kier alpha value is -2.74. The predicted molar refractivity (Wildman–Crippen MR) is 103 cm³/mol. The average Bonchev–Trinajstić information content (AvgIpc) is 2.62. The minimum atomic E-state index is 0.788. The Morgan fingerprint density at radius 3 is 2.39 bits per heavy atom. The highest BCUT2D eigenvalue weighted by molar-refractivity contribution is 6.03. The fourth-order valence-electron chi connectivity index (χ4n) is 2.54. The van der Waals surface area contributed by atoms with Crippen molar-refractivity contribution in [2.75, 3.05) is 0 Å². The maximum Gasteiger partial charge on any atom is 0.0970 e. The van der Waals surface area contributed by atoms with Gasteiger partial charge in [0.2, 0.25) is 0 Å². The number of pyridine rings is 1. The van der Waals surface area contributed by atoms with Crippen molar-refractivity contribution in [1.82, 2.24) is 4.98 Å². The lowest BCUT2D eigenvalue weighted by atomic mass is 9.96. The van der Waals surface area contributed by atoms with Gasteiger partial charge in [-0.1, -0.05) is 62.4 Å². The van der Waals surface area contributed by atoms with Crippen molar-refractivity contribution < 1.29 is 0 Å². The second-order valence-electron chi connectivity index (χ2n) is 4.99. The molecule has 1 aromatic heterocycles. The lowest BCUT2D eigenvalue weighted by Gasteiger charge is -2.11. The zero-order valence-corrected chi connectivity index (χ0v) is 14.0. The highest BCUT2D eigenvalue weighted by Crippen LogP contribution is 2.36. The van der Waals surface area contributed by atoms with Crippen LogP contribution in [0.1, 0.15) is 25.0 Å². The number of hydrogen-bond donors (Lipinski definition) is 0. The van der Waals surface area contributed by atoms with Crippen molar-refractivity contribution in [2.45, 2.75) is 20.8 Å². The van der Waals surface area contributed by atoms with E-state index in [9.17, 15) is 0 Å². The van der Waals surface area contributed by atoms with Gasteiger partial charge >= 0.3 is 0 Å². The van der Waals surface area contributed by atoms with Gasteiger partial charge in [-0.05, 0) is 36.9 Å². The van der Waals surface area contributed by atoms with Gasteiger partial charge in [0.15, 0.2) is 0 Å². The monoisotopic (exact) mass is 302 g/mol. The van der Waals surface area contributed by atoms with E-state index in [1.807, 2.05) is 19.9 Å². The van der Waals surface area contributed by atoms with E-state index < -0.39 is 0 Å². The minimum absolute atomic E-state index is 0.788. The molecule has 0 aliphatic rings. The molecule has 0 aliphatic carbocycles. The summed E-state index contributed by atoms with van der Waals surface area (Å²) in [6.07, 6.45) is 3.58. The van der Waals surface area contributed by atoms with Gasteiger partial charge in [0.1, 0.15) is 0 Å². The summed E-state index contributed by atoms with van der Waals surface area (Å²) in [7, 11) is 0. The van der Waals surface area contributed by atoms with Crippen LogP contribution in [0.4, 0.5) is 5.69 Å². The summed E-state index contributed by atoms with van der Waals surface area (Å²) in [5, 5.41) is 1.08. The Balaban J connectivity index is 0.000000924. The smallest absolute Gasteiger partial charge is 0.0970 e. The van der Waals surface area contributed by atoms with E-state index in [1.54, 1.807) is 12.3 Å². The first-order valence-corrected chi connectivity index (χ1v) is 7.82. The second kappa shape index (κ2) is 7.50. The molecule has 0 amide bonds. The van der Waals surface area contributed by atoms with Crippen molar-refractivity contribution in [3.63, 3.8) is 0 Å². The molecule has 0 fully saturated rings. The number of nitrogens with zero attached hydrogens (tertiary/aromatic N) is 2. The third-order valence-corrected chi connectivity index (χ3v) is 3.64. The van der Waals surface area contributed by atoms with Crippen LogP contribution in [-0.2, 0) is 0 Å². The van der Waals surface area contributed by atoms with Gasteiger partial charge in [-0.25, -0.2) is 0 Å². The summed E-state index contributed by atoms with van der Waals surface area (Å²) < 4.78 is 0. The summed E-state index contributed by atoms with van der Waals surface area (Å²) in [4.78, 5) is 8.62. The molecule has 1 heterocycles. The van der Waals surface area contributed by atoms with Gasteiger partial charge in [0.05, 0.1) is 11.2 Å². The van der Waals surface area contributed by atoms with Crippen LogP contribution in [0.15, 0.2) is 60.2 Å². The van der Waals surface area contributed by atoms with Crippen LogP contribution in [0.3, 0.4) is 0 Å². The lowest BCUT2D eigenvalue weighted by molar-refractivity contribution is 1.39. The molecule has 23 heavy (non-hydrogen) atoms. The fraction of sp³-hybridized carbons (Fsp3) is 0.143. The molecule has 0 bridgehead atoms. The summed E-state index contributed by atoms with van der Waals surface area (Å²) in [6, 6.07) is 14.6. The quantitative estimate of drug-likeness (QED) is 0.528. The molecule has 0 spiro atoms. The largest absolute Gasteiger partial charge is 0.262 e. The molecule has 0 atom stereocenters. The van der Waals surface area contributed by atoms with E-state index in [1.165, 1.54) is 5.56 Å². The first kappa shape index (κ1) is 16.6. The lowest BCUT2D eigenvalue weighted by Crippen LogP contribution is -1.88. The van der Waals surface area contributed by atoms with Gasteiger partial charge in [0, 0.05) is 17.1 Å². The normalized spacial score (nSPS) is 9.87.